The first-order chi connectivity index (χ1) is 9.69. The summed E-state index contributed by atoms with van der Waals surface area (Å²) in [7, 11) is 2.03. The second-order valence-corrected chi connectivity index (χ2v) is 5.06. The van der Waals surface area contributed by atoms with Crippen LogP contribution in [0.3, 0.4) is 0 Å². The Morgan fingerprint density at radius 2 is 1.90 bits per heavy atom. The molecule has 0 aliphatic rings. The smallest absolute Gasteiger partial charge is 0.0839 e. The Morgan fingerprint density at radius 3 is 2.55 bits per heavy atom. The highest BCUT2D eigenvalue weighted by Gasteiger charge is 2.13. The van der Waals surface area contributed by atoms with E-state index in [0.29, 0.717) is 6.54 Å². The fourth-order valence-electron chi connectivity index (χ4n) is 2.25. The Bertz CT molecular complexity index is 587. The molecule has 2 rings (SSSR count). The van der Waals surface area contributed by atoms with Gasteiger partial charge in [0.05, 0.1) is 17.7 Å². The summed E-state index contributed by atoms with van der Waals surface area (Å²) < 4.78 is 0. The second kappa shape index (κ2) is 6.83. The van der Waals surface area contributed by atoms with E-state index in [-0.39, 0.29) is 5.92 Å². The number of nitriles is 1. The number of hydrogen-bond donors (Lipinski definition) is 0. The molecule has 0 amide bonds. The molecule has 0 N–H and O–H groups in total. The van der Waals surface area contributed by atoms with Crippen molar-refractivity contribution >= 4 is 0 Å². The van der Waals surface area contributed by atoms with Crippen LogP contribution in [0.25, 0.3) is 0 Å². The van der Waals surface area contributed by atoms with Crippen LogP contribution in [-0.4, -0.2) is 23.5 Å². The fourth-order valence-corrected chi connectivity index (χ4v) is 2.25. The zero-order valence-electron chi connectivity index (χ0n) is 12.0. The standard InChI is InChI=1S/C17H19N3/c1-14-7-6-10-17(19-14)13-20(2)12-16(11-18)15-8-4-3-5-9-15/h3-10,16H,12-13H2,1-2H3. The molecule has 2 aromatic rings. The van der Waals surface area contributed by atoms with Gasteiger partial charge >= 0.3 is 0 Å². The summed E-state index contributed by atoms with van der Waals surface area (Å²) in [6.45, 7) is 3.45. The quantitative estimate of drug-likeness (QED) is 0.834. The van der Waals surface area contributed by atoms with Crippen molar-refractivity contribution in [2.75, 3.05) is 13.6 Å². The minimum atomic E-state index is -0.106. The van der Waals surface area contributed by atoms with Crippen molar-refractivity contribution in [2.24, 2.45) is 0 Å². The van der Waals surface area contributed by atoms with Crippen LogP contribution >= 0.6 is 0 Å². The van der Waals surface area contributed by atoms with Gasteiger partial charge in [-0.1, -0.05) is 36.4 Å². The molecule has 1 heterocycles. The summed E-state index contributed by atoms with van der Waals surface area (Å²) in [5.74, 6) is -0.106. The summed E-state index contributed by atoms with van der Waals surface area (Å²) in [6, 6.07) is 18.3. The van der Waals surface area contributed by atoms with Crippen molar-refractivity contribution in [3.63, 3.8) is 0 Å². The Hall–Kier alpha value is -2.18. The SMILES string of the molecule is Cc1cccc(CN(C)CC(C#N)c2ccccc2)n1. The lowest BCUT2D eigenvalue weighted by Gasteiger charge is -2.19. The van der Waals surface area contributed by atoms with E-state index in [1.54, 1.807) is 0 Å². The van der Waals surface area contributed by atoms with Gasteiger partial charge in [-0.05, 0) is 31.7 Å². The molecule has 0 radical (unpaired) electrons. The lowest BCUT2D eigenvalue weighted by Crippen LogP contribution is -2.24. The average Bonchev–Trinajstić information content (AvgIpc) is 2.45. The van der Waals surface area contributed by atoms with E-state index in [1.165, 1.54) is 0 Å². The summed E-state index contributed by atoms with van der Waals surface area (Å²) in [4.78, 5) is 6.64. The molecule has 0 saturated heterocycles. The molecule has 1 atom stereocenters. The van der Waals surface area contributed by atoms with E-state index in [4.69, 9.17) is 0 Å². The molecule has 3 nitrogen and oxygen atoms in total. The van der Waals surface area contributed by atoms with Gasteiger partial charge in [-0.3, -0.25) is 9.88 Å². The molecule has 0 bridgehead atoms. The van der Waals surface area contributed by atoms with Gasteiger partial charge in [0.25, 0.3) is 0 Å². The van der Waals surface area contributed by atoms with Crippen molar-refractivity contribution < 1.29 is 0 Å². The summed E-state index contributed by atoms with van der Waals surface area (Å²) in [6.07, 6.45) is 0. The molecule has 1 unspecified atom stereocenters. The number of hydrogen-bond acceptors (Lipinski definition) is 3. The van der Waals surface area contributed by atoms with Crippen LogP contribution in [0.2, 0.25) is 0 Å². The molecular weight excluding hydrogens is 246 g/mol. The number of nitrogens with zero attached hydrogens (tertiary/aromatic N) is 3. The highest BCUT2D eigenvalue weighted by molar-refractivity contribution is 5.25. The highest BCUT2D eigenvalue weighted by atomic mass is 15.1. The zero-order chi connectivity index (χ0) is 14.4. The highest BCUT2D eigenvalue weighted by Crippen LogP contribution is 2.16. The Morgan fingerprint density at radius 1 is 1.15 bits per heavy atom. The van der Waals surface area contributed by atoms with Gasteiger partial charge in [-0.15, -0.1) is 0 Å². The molecular formula is C17H19N3. The number of benzene rings is 1. The fraction of sp³-hybridized carbons (Fsp3) is 0.294. The molecule has 0 saturated carbocycles. The topological polar surface area (TPSA) is 39.9 Å². The van der Waals surface area contributed by atoms with Gasteiger partial charge in [0.15, 0.2) is 0 Å². The first kappa shape index (κ1) is 14.2. The maximum atomic E-state index is 9.35. The van der Waals surface area contributed by atoms with Crippen LogP contribution in [0, 0.1) is 18.3 Å². The number of pyridine rings is 1. The lowest BCUT2D eigenvalue weighted by molar-refractivity contribution is 0.316. The summed E-state index contributed by atoms with van der Waals surface area (Å²) in [5.41, 5.74) is 3.13. The maximum absolute atomic E-state index is 9.35. The third-order valence-electron chi connectivity index (χ3n) is 3.23. The number of likely N-dealkylation sites (N-methyl/N-ethyl adjacent to an activating group) is 1. The Labute approximate surface area is 120 Å². The number of aromatic nitrogens is 1. The molecule has 0 fully saturated rings. The van der Waals surface area contributed by atoms with Gasteiger partial charge in [-0.2, -0.15) is 5.26 Å². The summed E-state index contributed by atoms with van der Waals surface area (Å²) >= 11 is 0. The molecule has 1 aromatic carbocycles. The monoisotopic (exact) mass is 265 g/mol. The number of aryl methyl sites for hydroxylation is 1. The molecule has 3 heteroatoms. The molecule has 0 aliphatic carbocycles. The van der Waals surface area contributed by atoms with Gasteiger partial charge in [0, 0.05) is 18.8 Å². The Kier molecular flexibility index (Phi) is 4.86. The maximum Gasteiger partial charge on any atom is 0.0839 e. The van der Waals surface area contributed by atoms with Gasteiger partial charge in [0.2, 0.25) is 0 Å². The van der Waals surface area contributed by atoms with E-state index >= 15 is 0 Å². The normalized spacial score (nSPS) is 12.1. The molecule has 0 spiro atoms. The van der Waals surface area contributed by atoms with E-state index in [0.717, 1.165) is 23.5 Å². The minimum absolute atomic E-state index is 0.106. The first-order valence-electron chi connectivity index (χ1n) is 6.74. The van der Waals surface area contributed by atoms with Crippen molar-refractivity contribution in [3.8, 4) is 6.07 Å². The van der Waals surface area contributed by atoms with E-state index in [1.807, 2.05) is 62.5 Å². The Balaban J connectivity index is 2.00. The van der Waals surface area contributed by atoms with E-state index < -0.39 is 0 Å². The van der Waals surface area contributed by atoms with Crippen LogP contribution in [0.4, 0.5) is 0 Å². The number of rotatable bonds is 5. The van der Waals surface area contributed by atoms with E-state index in [2.05, 4.69) is 16.0 Å². The van der Waals surface area contributed by atoms with Crippen LogP contribution in [-0.2, 0) is 6.54 Å². The van der Waals surface area contributed by atoms with Gasteiger partial charge in [0.1, 0.15) is 0 Å². The molecule has 1 aromatic heterocycles. The van der Waals surface area contributed by atoms with Crippen molar-refractivity contribution in [3.05, 3.63) is 65.5 Å². The third-order valence-corrected chi connectivity index (χ3v) is 3.23. The van der Waals surface area contributed by atoms with Gasteiger partial charge < -0.3 is 0 Å². The van der Waals surface area contributed by atoms with Crippen LogP contribution in [0.1, 0.15) is 22.9 Å². The van der Waals surface area contributed by atoms with Crippen molar-refractivity contribution in [1.82, 2.24) is 9.88 Å². The van der Waals surface area contributed by atoms with Gasteiger partial charge in [-0.25, -0.2) is 0 Å². The third kappa shape index (κ3) is 3.91. The first-order valence-corrected chi connectivity index (χ1v) is 6.74. The molecule has 102 valence electrons. The minimum Gasteiger partial charge on any atom is -0.299 e. The lowest BCUT2D eigenvalue weighted by atomic mass is 10.0. The largest absolute Gasteiger partial charge is 0.299 e. The molecule has 0 aliphatic heterocycles. The van der Waals surface area contributed by atoms with Crippen molar-refractivity contribution in [1.29, 1.82) is 5.26 Å². The average molecular weight is 265 g/mol. The van der Waals surface area contributed by atoms with Crippen LogP contribution in [0.15, 0.2) is 48.5 Å². The zero-order valence-corrected chi connectivity index (χ0v) is 12.0. The second-order valence-electron chi connectivity index (χ2n) is 5.06. The van der Waals surface area contributed by atoms with Crippen LogP contribution < -0.4 is 0 Å². The summed E-state index contributed by atoms with van der Waals surface area (Å²) in [5, 5.41) is 9.35. The predicted molar refractivity (Wildman–Crippen MR) is 80.1 cm³/mol. The molecule has 20 heavy (non-hydrogen) atoms. The van der Waals surface area contributed by atoms with Crippen molar-refractivity contribution in [2.45, 2.75) is 19.4 Å². The van der Waals surface area contributed by atoms with E-state index in [9.17, 15) is 5.26 Å². The van der Waals surface area contributed by atoms with Crippen LogP contribution in [0.5, 0.6) is 0 Å². The predicted octanol–water partition coefficient (Wildman–Crippen LogP) is 3.13.